The molecule has 144 valence electrons. The Morgan fingerprint density at radius 1 is 0.963 bits per heavy atom. The van der Waals surface area contributed by atoms with Crippen molar-refractivity contribution < 1.29 is 19.1 Å². The fraction of sp³-hybridized carbons (Fsp3) is 0.300. The fourth-order valence-corrected chi connectivity index (χ4v) is 2.61. The molecule has 0 spiro atoms. The Bertz CT molecular complexity index is 816. The summed E-state index contributed by atoms with van der Waals surface area (Å²) in [5.41, 5.74) is 3.26. The maximum absolute atomic E-state index is 12.4. The molecule has 0 fully saturated rings. The smallest absolute Gasteiger partial charge is 0.322 e. The summed E-state index contributed by atoms with van der Waals surface area (Å²) in [6.07, 6.45) is 0. The Morgan fingerprint density at radius 2 is 1.59 bits per heavy atom. The average Bonchev–Trinajstić information content (AvgIpc) is 2.64. The first kappa shape index (κ1) is 20.1. The second-order valence-electron chi connectivity index (χ2n) is 6.17. The van der Waals surface area contributed by atoms with Crippen molar-refractivity contribution in [1.29, 1.82) is 0 Å². The van der Waals surface area contributed by atoms with Crippen LogP contribution in [0.4, 0.5) is 16.2 Å². The second kappa shape index (κ2) is 8.93. The van der Waals surface area contributed by atoms with Gasteiger partial charge in [-0.2, -0.15) is 0 Å². The fourth-order valence-electron chi connectivity index (χ4n) is 2.61. The SMILES string of the molecule is COc1ccc(NC(=O)N(C)CC(=O)Nc2c(C)cccc2C)cc1OC. The molecular formula is C20H25N3O4. The van der Waals surface area contributed by atoms with Crippen molar-refractivity contribution in [3.63, 3.8) is 0 Å². The highest BCUT2D eigenvalue weighted by Crippen LogP contribution is 2.29. The van der Waals surface area contributed by atoms with Crippen LogP contribution in [-0.4, -0.2) is 44.7 Å². The van der Waals surface area contributed by atoms with E-state index in [0.717, 1.165) is 16.8 Å². The number of anilines is 2. The first-order valence-electron chi connectivity index (χ1n) is 8.46. The molecule has 2 N–H and O–H groups in total. The summed E-state index contributed by atoms with van der Waals surface area (Å²) in [5, 5.41) is 5.60. The number of ether oxygens (including phenoxy) is 2. The van der Waals surface area contributed by atoms with Gasteiger partial charge in [-0.1, -0.05) is 18.2 Å². The molecule has 2 aromatic carbocycles. The van der Waals surface area contributed by atoms with Gasteiger partial charge in [-0.05, 0) is 37.1 Å². The van der Waals surface area contributed by atoms with Gasteiger partial charge < -0.3 is 25.0 Å². The van der Waals surface area contributed by atoms with Crippen molar-refractivity contribution in [3.8, 4) is 11.5 Å². The second-order valence-corrected chi connectivity index (χ2v) is 6.17. The highest BCUT2D eigenvalue weighted by molar-refractivity contribution is 5.97. The molecule has 0 radical (unpaired) electrons. The number of amides is 3. The Balaban J connectivity index is 1.98. The third-order valence-corrected chi connectivity index (χ3v) is 4.11. The highest BCUT2D eigenvalue weighted by atomic mass is 16.5. The standard InChI is InChI=1S/C20H25N3O4/c1-13-7-6-8-14(2)19(13)22-18(24)12-23(3)20(25)21-15-9-10-16(26-4)17(11-15)27-5/h6-11H,12H2,1-5H3,(H,21,25)(H,22,24). The largest absolute Gasteiger partial charge is 0.493 e. The Kier molecular flexibility index (Phi) is 6.65. The number of benzene rings is 2. The van der Waals surface area contributed by atoms with Crippen LogP contribution < -0.4 is 20.1 Å². The van der Waals surface area contributed by atoms with Crippen molar-refractivity contribution in [3.05, 3.63) is 47.5 Å². The van der Waals surface area contributed by atoms with Gasteiger partial charge in [-0.3, -0.25) is 4.79 Å². The lowest BCUT2D eigenvalue weighted by Crippen LogP contribution is -2.37. The number of carbonyl (C=O) groups excluding carboxylic acids is 2. The van der Waals surface area contributed by atoms with E-state index in [1.54, 1.807) is 32.4 Å². The van der Waals surface area contributed by atoms with Crippen LogP contribution in [0, 0.1) is 13.8 Å². The molecular weight excluding hydrogens is 346 g/mol. The van der Waals surface area contributed by atoms with Crippen LogP contribution in [0.25, 0.3) is 0 Å². The van der Waals surface area contributed by atoms with Gasteiger partial charge in [0.1, 0.15) is 6.54 Å². The van der Waals surface area contributed by atoms with Gasteiger partial charge in [0, 0.05) is 24.5 Å². The summed E-state index contributed by atoms with van der Waals surface area (Å²) in [7, 11) is 4.62. The summed E-state index contributed by atoms with van der Waals surface area (Å²) >= 11 is 0. The van der Waals surface area contributed by atoms with Crippen molar-refractivity contribution >= 4 is 23.3 Å². The number of hydrogen-bond donors (Lipinski definition) is 2. The number of carbonyl (C=O) groups is 2. The van der Waals surface area contributed by atoms with Gasteiger partial charge in [-0.25, -0.2) is 4.79 Å². The zero-order valence-corrected chi connectivity index (χ0v) is 16.3. The lowest BCUT2D eigenvalue weighted by molar-refractivity contribution is -0.116. The van der Waals surface area contributed by atoms with E-state index in [9.17, 15) is 9.59 Å². The monoisotopic (exact) mass is 371 g/mol. The number of rotatable bonds is 6. The van der Waals surface area contributed by atoms with Gasteiger partial charge in [0.05, 0.1) is 14.2 Å². The zero-order valence-electron chi connectivity index (χ0n) is 16.3. The predicted molar refractivity (Wildman–Crippen MR) is 106 cm³/mol. The summed E-state index contributed by atoms with van der Waals surface area (Å²) < 4.78 is 10.4. The van der Waals surface area contributed by atoms with Crippen LogP contribution in [-0.2, 0) is 4.79 Å². The lowest BCUT2D eigenvalue weighted by atomic mass is 10.1. The minimum Gasteiger partial charge on any atom is -0.493 e. The molecule has 0 aliphatic heterocycles. The summed E-state index contributed by atoms with van der Waals surface area (Å²) in [6, 6.07) is 10.4. The minimum atomic E-state index is -0.404. The van der Waals surface area contributed by atoms with Crippen molar-refractivity contribution in [2.75, 3.05) is 38.4 Å². The van der Waals surface area contributed by atoms with E-state index >= 15 is 0 Å². The first-order chi connectivity index (χ1) is 12.8. The Labute approximate surface area is 159 Å². The molecule has 0 aliphatic rings. The highest BCUT2D eigenvalue weighted by Gasteiger charge is 2.15. The van der Waals surface area contributed by atoms with Gasteiger partial charge in [0.25, 0.3) is 0 Å². The molecule has 7 nitrogen and oxygen atoms in total. The van der Waals surface area contributed by atoms with E-state index in [1.165, 1.54) is 12.0 Å². The average molecular weight is 371 g/mol. The van der Waals surface area contributed by atoms with Crippen LogP contribution in [0.2, 0.25) is 0 Å². The van der Waals surface area contributed by atoms with Crippen LogP contribution in [0.15, 0.2) is 36.4 Å². The number of para-hydroxylation sites is 1. The molecule has 27 heavy (non-hydrogen) atoms. The molecule has 0 atom stereocenters. The molecule has 0 heterocycles. The molecule has 0 aromatic heterocycles. The number of urea groups is 1. The summed E-state index contributed by atoms with van der Waals surface area (Å²) in [6.45, 7) is 3.78. The van der Waals surface area contributed by atoms with Gasteiger partial charge >= 0.3 is 6.03 Å². The molecule has 0 saturated heterocycles. The number of nitrogens with one attached hydrogen (secondary N) is 2. The molecule has 0 bridgehead atoms. The van der Waals surface area contributed by atoms with Gasteiger partial charge in [-0.15, -0.1) is 0 Å². The quantitative estimate of drug-likeness (QED) is 0.815. The van der Waals surface area contributed by atoms with E-state index in [4.69, 9.17) is 9.47 Å². The van der Waals surface area contributed by atoms with Crippen LogP contribution >= 0.6 is 0 Å². The van der Waals surface area contributed by atoms with Crippen LogP contribution in [0.5, 0.6) is 11.5 Å². The predicted octanol–water partition coefficient (Wildman–Crippen LogP) is 3.42. The lowest BCUT2D eigenvalue weighted by Gasteiger charge is -2.19. The zero-order chi connectivity index (χ0) is 20.0. The van der Waals surface area contributed by atoms with Gasteiger partial charge in [0.2, 0.25) is 5.91 Å². The van der Waals surface area contributed by atoms with E-state index in [2.05, 4.69) is 10.6 Å². The minimum absolute atomic E-state index is 0.0765. The van der Waals surface area contributed by atoms with E-state index < -0.39 is 6.03 Å². The molecule has 7 heteroatoms. The topological polar surface area (TPSA) is 79.9 Å². The number of aryl methyl sites for hydroxylation is 2. The molecule has 2 aromatic rings. The number of hydrogen-bond acceptors (Lipinski definition) is 4. The third kappa shape index (κ3) is 5.13. The maximum atomic E-state index is 12.4. The molecule has 2 rings (SSSR count). The van der Waals surface area contributed by atoms with E-state index in [0.29, 0.717) is 17.2 Å². The number of likely N-dealkylation sites (N-methyl/N-ethyl adjacent to an activating group) is 1. The van der Waals surface area contributed by atoms with Gasteiger partial charge in [0.15, 0.2) is 11.5 Å². The van der Waals surface area contributed by atoms with Crippen molar-refractivity contribution in [1.82, 2.24) is 4.90 Å². The van der Waals surface area contributed by atoms with E-state index in [1.807, 2.05) is 32.0 Å². The number of nitrogens with zero attached hydrogens (tertiary/aromatic N) is 1. The Hall–Kier alpha value is -3.22. The van der Waals surface area contributed by atoms with Crippen LogP contribution in [0.3, 0.4) is 0 Å². The molecule has 0 saturated carbocycles. The normalized spacial score (nSPS) is 10.1. The first-order valence-corrected chi connectivity index (χ1v) is 8.46. The Morgan fingerprint density at radius 3 is 2.19 bits per heavy atom. The molecule has 0 unspecified atom stereocenters. The third-order valence-electron chi connectivity index (χ3n) is 4.11. The molecule has 0 aliphatic carbocycles. The van der Waals surface area contributed by atoms with Crippen molar-refractivity contribution in [2.45, 2.75) is 13.8 Å². The number of methoxy groups -OCH3 is 2. The molecule has 3 amide bonds. The van der Waals surface area contributed by atoms with Crippen LogP contribution in [0.1, 0.15) is 11.1 Å². The summed E-state index contributed by atoms with van der Waals surface area (Å²) in [5.74, 6) is 0.805. The van der Waals surface area contributed by atoms with Crippen molar-refractivity contribution in [2.24, 2.45) is 0 Å². The summed E-state index contributed by atoms with van der Waals surface area (Å²) in [4.78, 5) is 26.0. The maximum Gasteiger partial charge on any atom is 0.322 e. The van der Waals surface area contributed by atoms with E-state index in [-0.39, 0.29) is 12.5 Å².